The normalized spacial score (nSPS) is 19.9. The van der Waals surface area contributed by atoms with E-state index in [-0.39, 0.29) is 5.92 Å². The fourth-order valence-electron chi connectivity index (χ4n) is 2.89. The summed E-state index contributed by atoms with van der Waals surface area (Å²) in [5, 5.41) is 0. The molecule has 0 unspecified atom stereocenters. The predicted molar refractivity (Wildman–Crippen MR) is 79.8 cm³/mol. The van der Waals surface area contributed by atoms with Gasteiger partial charge in [0.1, 0.15) is 0 Å². The van der Waals surface area contributed by atoms with E-state index in [1.165, 1.54) is 6.07 Å². The molecule has 1 aromatic rings. The molecule has 0 amide bonds. The van der Waals surface area contributed by atoms with Crippen LogP contribution in [0.25, 0.3) is 0 Å². The van der Waals surface area contributed by atoms with E-state index in [0.717, 1.165) is 19.5 Å². The van der Waals surface area contributed by atoms with Gasteiger partial charge in [-0.3, -0.25) is 0 Å². The van der Waals surface area contributed by atoms with Crippen LogP contribution in [-0.2, 0) is 6.18 Å². The van der Waals surface area contributed by atoms with Crippen LogP contribution in [0.4, 0.5) is 18.9 Å². The van der Waals surface area contributed by atoms with Gasteiger partial charge in [0.25, 0.3) is 0 Å². The summed E-state index contributed by atoms with van der Waals surface area (Å²) in [6.45, 7) is 5.18. The Labute approximate surface area is 124 Å². The van der Waals surface area contributed by atoms with Crippen LogP contribution in [0.5, 0.6) is 0 Å². The van der Waals surface area contributed by atoms with Crippen LogP contribution in [-0.4, -0.2) is 38.1 Å². The van der Waals surface area contributed by atoms with Gasteiger partial charge in [-0.2, -0.15) is 13.2 Å². The van der Waals surface area contributed by atoms with E-state index in [2.05, 4.69) is 4.90 Å². The van der Waals surface area contributed by atoms with E-state index >= 15 is 0 Å². The Morgan fingerprint density at radius 1 is 1.24 bits per heavy atom. The van der Waals surface area contributed by atoms with Crippen LogP contribution in [0.3, 0.4) is 0 Å². The second-order valence-corrected chi connectivity index (χ2v) is 6.28. The lowest BCUT2D eigenvalue weighted by molar-refractivity contribution is -0.138. The van der Waals surface area contributed by atoms with Gasteiger partial charge in [0.05, 0.1) is 5.56 Å². The van der Waals surface area contributed by atoms with Gasteiger partial charge in [0.15, 0.2) is 0 Å². The topological polar surface area (TPSA) is 6.48 Å². The van der Waals surface area contributed by atoms with Gasteiger partial charge >= 0.3 is 6.18 Å². The second-order valence-electron chi connectivity index (χ2n) is 6.28. The molecule has 1 aromatic carbocycles. The molecule has 1 aliphatic heterocycles. The minimum atomic E-state index is -4.30. The zero-order valence-corrected chi connectivity index (χ0v) is 13.0. The molecule has 0 aliphatic carbocycles. The Kier molecular flexibility index (Phi) is 4.51. The molecule has 2 rings (SSSR count). The highest BCUT2D eigenvalue weighted by molar-refractivity contribution is 5.53. The van der Waals surface area contributed by atoms with Gasteiger partial charge in [-0.15, -0.1) is 0 Å². The highest BCUT2D eigenvalue weighted by Gasteiger charge is 2.35. The van der Waals surface area contributed by atoms with Gasteiger partial charge in [-0.25, -0.2) is 0 Å². The smallest absolute Gasteiger partial charge is 0.370 e. The van der Waals surface area contributed by atoms with Crippen molar-refractivity contribution in [3.05, 3.63) is 29.3 Å². The monoisotopic (exact) mass is 300 g/mol. The molecule has 0 saturated carbocycles. The van der Waals surface area contributed by atoms with Crippen molar-refractivity contribution in [3.8, 4) is 0 Å². The van der Waals surface area contributed by atoms with Crippen molar-refractivity contribution in [1.82, 2.24) is 4.90 Å². The fraction of sp³-hybridized carbons (Fsp3) is 0.625. The van der Waals surface area contributed by atoms with E-state index in [1.54, 1.807) is 19.9 Å². The third-order valence-corrected chi connectivity index (χ3v) is 4.22. The summed E-state index contributed by atoms with van der Waals surface area (Å²) in [5.41, 5.74) is 0.550. The molecule has 0 spiro atoms. The SMILES string of the molecule is CC(C)c1ccc(N2CC[C@H](N(C)C)C2)cc1C(F)(F)F. The molecule has 1 atom stereocenters. The molecular formula is C16H23F3N2. The first-order valence-corrected chi connectivity index (χ1v) is 7.32. The maximum atomic E-state index is 13.3. The maximum absolute atomic E-state index is 13.3. The number of likely N-dealkylation sites (N-methyl/N-ethyl adjacent to an activating group) is 1. The number of hydrogen-bond acceptors (Lipinski definition) is 2. The van der Waals surface area contributed by atoms with E-state index in [0.29, 0.717) is 17.3 Å². The van der Waals surface area contributed by atoms with E-state index in [1.807, 2.05) is 25.1 Å². The van der Waals surface area contributed by atoms with Crippen molar-refractivity contribution >= 4 is 5.69 Å². The lowest BCUT2D eigenvalue weighted by Gasteiger charge is -2.24. The van der Waals surface area contributed by atoms with Crippen LogP contribution in [0.15, 0.2) is 18.2 Å². The Hall–Kier alpha value is -1.23. The highest BCUT2D eigenvalue weighted by Crippen LogP contribution is 2.38. The number of nitrogens with zero attached hydrogens (tertiary/aromatic N) is 2. The summed E-state index contributed by atoms with van der Waals surface area (Å²) in [7, 11) is 4.02. The molecule has 2 nitrogen and oxygen atoms in total. The lowest BCUT2D eigenvalue weighted by Crippen LogP contribution is -2.31. The average Bonchev–Trinajstić information content (AvgIpc) is 2.86. The molecule has 118 valence electrons. The summed E-state index contributed by atoms with van der Waals surface area (Å²) < 4.78 is 39.8. The Morgan fingerprint density at radius 2 is 1.90 bits per heavy atom. The van der Waals surface area contributed by atoms with E-state index < -0.39 is 11.7 Å². The minimum absolute atomic E-state index is 0.135. The maximum Gasteiger partial charge on any atom is 0.416 e. The van der Waals surface area contributed by atoms with Crippen molar-refractivity contribution in [3.63, 3.8) is 0 Å². The molecule has 1 fully saturated rings. The molecule has 0 aromatic heterocycles. The first-order valence-electron chi connectivity index (χ1n) is 7.32. The summed E-state index contributed by atoms with van der Waals surface area (Å²) in [6, 6.07) is 5.17. The van der Waals surface area contributed by atoms with Crippen molar-refractivity contribution in [1.29, 1.82) is 0 Å². The number of rotatable bonds is 3. The number of anilines is 1. The van der Waals surface area contributed by atoms with Gasteiger partial charge in [0.2, 0.25) is 0 Å². The Morgan fingerprint density at radius 3 is 2.38 bits per heavy atom. The summed E-state index contributed by atoms with van der Waals surface area (Å²) in [5.74, 6) is -0.135. The molecule has 1 saturated heterocycles. The van der Waals surface area contributed by atoms with Gasteiger partial charge in [0, 0.05) is 24.8 Å². The predicted octanol–water partition coefficient (Wildman–Crippen LogP) is 3.97. The molecular weight excluding hydrogens is 277 g/mol. The first kappa shape index (κ1) is 16.1. The van der Waals surface area contributed by atoms with Crippen LogP contribution < -0.4 is 4.90 Å². The minimum Gasteiger partial charge on any atom is -0.370 e. The zero-order valence-electron chi connectivity index (χ0n) is 13.0. The van der Waals surface area contributed by atoms with Crippen LogP contribution in [0.2, 0.25) is 0 Å². The van der Waals surface area contributed by atoms with Crippen molar-refractivity contribution in [2.45, 2.75) is 38.4 Å². The van der Waals surface area contributed by atoms with Gasteiger partial charge in [-0.05, 0) is 44.1 Å². The number of halogens is 3. The van der Waals surface area contributed by atoms with E-state index in [9.17, 15) is 13.2 Å². The third-order valence-electron chi connectivity index (χ3n) is 4.22. The number of alkyl halides is 3. The van der Waals surface area contributed by atoms with Crippen molar-refractivity contribution in [2.24, 2.45) is 0 Å². The summed E-state index contributed by atoms with van der Waals surface area (Å²) >= 11 is 0. The van der Waals surface area contributed by atoms with Gasteiger partial charge in [-0.1, -0.05) is 19.9 Å². The third kappa shape index (κ3) is 3.51. The van der Waals surface area contributed by atoms with Gasteiger partial charge < -0.3 is 9.80 Å². The zero-order chi connectivity index (χ0) is 15.8. The molecule has 0 bridgehead atoms. The van der Waals surface area contributed by atoms with E-state index in [4.69, 9.17) is 0 Å². The molecule has 21 heavy (non-hydrogen) atoms. The summed E-state index contributed by atoms with van der Waals surface area (Å²) in [6.07, 6.45) is -3.31. The van der Waals surface area contributed by atoms with Crippen molar-refractivity contribution in [2.75, 3.05) is 32.1 Å². The second kappa shape index (κ2) is 5.87. The lowest BCUT2D eigenvalue weighted by atomic mass is 9.96. The van der Waals surface area contributed by atoms with Crippen LogP contribution in [0.1, 0.15) is 37.3 Å². The average molecular weight is 300 g/mol. The molecule has 5 heteroatoms. The molecule has 1 heterocycles. The quantitative estimate of drug-likeness (QED) is 0.833. The molecule has 0 radical (unpaired) electrons. The highest BCUT2D eigenvalue weighted by atomic mass is 19.4. The standard InChI is InChI=1S/C16H23F3N2/c1-11(2)14-6-5-12(9-15(14)16(17,18)19)21-8-7-13(10-21)20(3)4/h5-6,9,11,13H,7-8,10H2,1-4H3/t13-/m0/s1. The van der Waals surface area contributed by atoms with Crippen LogP contribution in [0, 0.1) is 0 Å². The number of hydrogen-bond donors (Lipinski definition) is 0. The molecule has 0 N–H and O–H groups in total. The van der Waals surface area contributed by atoms with Crippen LogP contribution >= 0.6 is 0 Å². The number of benzene rings is 1. The summed E-state index contributed by atoms with van der Waals surface area (Å²) in [4.78, 5) is 4.18. The fourth-order valence-corrected chi connectivity index (χ4v) is 2.89. The Bertz CT molecular complexity index is 495. The van der Waals surface area contributed by atoms with Crippen molar-refractivity contribution < 1.29 is 13.2 Å². The largest absolute Gasteiger partial charge is 0.416 e. The first-order chi connectivity index (χ1) is 9.70. The Balaban J connectivity index is 2.31. The molecule has 1 aliphatic rings.